The van der Waals surface area contributed by atoms with Crippen molar-refractivity contribution in [1.29, 1.82) is 0 Å². The van der Waals surface area contributed by atoms with E-state index in [1.54, 1.807) is 31.4 Å². The molecule has 6 nitrogen and oxygen atoms in total. The molecule has 2 amide bonds. The van der Waals surface area contributed by atoms with E-state index in [2.05, 4.69) is 18.5 Å². The molecular formula is C15H17N3O3. The minimum absolute atomic E-state index is 0.214. The Morgan fingerprint density at radius 1 is 1.24 bits per heavy atom. The standard InChI is InChI=1S/C15H17N3O3/c1-4-6-7-11-10(5-2)17(3)15(21)18(11)12-8-9-13(19)16-14(12)20/h4-7,12H,1-2,8-9H2,3H3,(H,16,19,20)/b7-6-. The molecule has 0 aromatic carbocycles. The molecule has 21 heavy (non-hydrogen) atoms. The van der Waals surface area contributed by atoms with Gasteiger partial charge in [0.2, 0.25) is 11.8 Å². The normalized spacial score (nSPS) is 18.8. The molecular weight excluding hydrogens is 270 g/mol. The van der Waals surface area contributed by atoms with E-state index < -0.39 is 11.9 Å². The minimum atomic E-state index is -0.695. The van der Waals surface area contributed by atoms with Crippen molar-refractivity contribution in [2.75, 3.05) is 0 Å². The van der Waals surface area contributed by atoms with Gasteiger partial charge in [-0.1, -0.05) is 25.3 Å². The van der Waals surface area contributed by atoms with Gasteiger partial charge < -0.3 is 0 Å². The van der Waals surface area contributed by atoms with E-state index in [0.717, 1.165) is 0 Å². The van der Waals surface area contributed by atoms with Crippen molar-refractivity contribution in [3.05, 3.63) is 47.2 Å². The monoisotopic (exact) mass is 287 g/mol. The molecule has 1 atom stereocenters. The molecule has 0 bridgehead atoms. The first-order valence-electron chi connectivity index (χ1n) is 6.57. The maximum Gasteiger partial charge on any atom is 0.329 e. The summed E-state index contributed by atoms with van der Waals surface area (Å²) < 4.78 is 2.83. The molecule has 0 radical (unpaired) electrons. The lowest BCUT2D eigenvalue weighted by atomic mass is 10.1. The van der Waals surface area contributed by atoms with Gasteiger partial charge in [0, 0.05) is 13.5 Å². The number of piperidine rings is 1. The Balaban J connectivity index is 2.62. The number of imidazole rings is 1. The van der Waals surface area contributed by atoms with Gasteiger partial charge in [-0.05, 0) is 18.6 Å². The van der Waals surface area contributed by atoms with Crippen LogP contribution in [0.5, 0.6) is 0 Å². The first-order chi connectivity index (χ1) is 10.0. The lowest BCUT2D eigenvalue weighted by molar-refractivity contribution is -0.135. The number of imide groups is 1. The van der Waals surface area contributed by atoms with Crippen LogP contribution >= 0.6 is 0 Å². The van der Waals surface area contributed by atoms with Gasteiger partial charge in [-0.2, -0.15) is 0 Å². The van der Waals surface area contributed by atoms with E-state index in [4.69, 9.17) is 0 Å². The molecule has 2 rings (SSSR count). The van der Waals surface area contributed by atoms with Crippen molar-refractivity contribution in [3.63, 3.8) is 0 Å². The predicted molar refractivity (Wildman–Crippen MR) is 80.4 cm³/mol. The highest BCUT2D eigenvalue weighted by Gasteiger charge is 2.31. The molecule has 1 aliphatic rings. The zero-order chi connectivity index (χ0) is 15.6. The highest BCUT2D eigenvalue weighted by molar-refractivity contribution is 5.99. The van der Waals surface area contributed by atoms with Gasteiger partial charge in [-0.25, -0.2) is 4.79 Å². The van der Waals surface area contributed by atoms with Crippen LogP contribution in [0, 0.1) is 0 Å². The molecule has 1 aliphatic heterocycles. The molecule has 6 heteroatoms. The van der Waals surface area contributed by atoms with E-state index in [1.165, 1.54) is 9.13 Å². The lowest BCUT2D eigenvalue weighted by Crippen LogP contribution is -2.44. The Kier molecular flexibility index (Phi) is 4.07. The Morgan fingerprint density at radius 2 is 1.95 bits per heavy atom. The number of amides is 2. The van der Waals surface area contributed by atoms with Crippen LogP contribution < -0.4 is 11.0 Å². The van der Waals surface area contributed by atoms with Crippen LogP contribution in [0.15, 0.2) is 30.1 Å². The third kappa shape index (κ3) is 2.52. The van der Waals surface area contributed by atoms with E-state index in [1.807, 2.05) is 0 Å². The second-order valence-corrected chi connectivity index (χ2v) is 4.75. The maximum absolute atomic E-state index is 12.4. The van der Waals surface area contributed by atoms with E-state index in [9.17, 15) is 14.4 Å². The topological polar surface area (TPSA) is 73.1 Å². The Labute approximate surface area is 122 Å². The molecule has 1 aromatic heterocycles. The summed E-state index contributed by atoms with van der Waals surface area (Å²) in [6.45, 7) is 7.30. The van der Waals surface area contributed by atoms with Crippen molar-refractivity contribution in [2.24, 2.45) is 7.05 Å². The largest absolute Gasteiger partial charge is 0.329 e. The molecule has 1 fully saturated rings. The molecule has 0 saturated carbocycles. The number of rotatable bonds is 4. The number of carbonyl (C=O) groups excluding carboxylic acids is 2. The van der Waals surface area contributed by atoms with Crippen LogP contribution in [-0.2, 0) is 16.6 Å². The maximum atomic E-state index is 12.4. The number of nitrogens with zero attached hydrogens (tertiary/aromatic N) is 2. The van der Waals surface area contributed by atoms with E-state index >= 15 is 0 Å². The second-order valence-electron chi connectivity index (χ2n) is 4.75. The zero-order valence-electron chi connectivity index (χ0n) is 11.8. The number of hydrogen-bond acceptors (Lipinski definition) is 3. The minimum Gasteiger partial charge on any atom is -0.295 e. The summed E-state index contributed by atoms with van der Waals surface area (Å²) in [5.41, 5.74) is 0.873. The number of carbonyl (C=O) groups is 2. The van der Waals surface area contributed by atoms with Crippen molar-refractivity contribution < 1.29 is 9.59 Å². The molecule has 0 aliphatic carbocycles. The summed E-state index contributed by atoms with van der Waals surface area (Å²) >= 11 is 0. The highest BCUT2D eigenvalue weighted by atomic mass is 16.2. The number of nitrogens with one attached hydrogen (secondary N) is 1. The molecule has 1 aromatic rings. The van der Waals surface area contributed by atoms with Gasteiger partial charge in [0.05, 0.1) is 11.4 Å². The van der Waals surface area contributed by atoms with Gasteiger partial charge in [0.25, 0.3) is 0 Å². The van der Waals surface area contributed by atoms with E-state index in [-0.39, 0.29) is 18.0 Å². The third-order valence-electron chi connectivity index (χ3n) is 3.48. The van der Waals surface area contributed by atoms with Crippen molar-refractivity contribution in [1.82, 2.24) is 14.5 Å². The quantitative estimate of drug-likeness (QED) is 0.663. The molecule has 110 valence electrons. The lowest BCUT2D eigenvalue weighted by Gasteiger charge is -2.22. The van der Waals surface area contributed by atoms with Crippen LogP contribution in [0.4, 0.5) is 0 Å². The average molecular weight is 287 g/mol. The smallest absolute Gasteiger partial charge is 0.295 e. The first kappa shape index (κ1) is 14.8. The first-order valence-corrected chi connectivity index (χ1v) is 6.57. The molecule has 1 N–H and O–H groups in total. The van der Waals surface area contributed by atoms with Crippen LogP contribution in [-0.4, -0.2) is 20.9 Å². The van der Waals surface area contributed by atoms with Gasteiger partial charge >= 0.3 is 5.69 Å². The molecule has 2 heterocycles. The fraction of sp³-hybridized carbons (Fsp3) is 0.267. The van der Waals surface area contributed by atoms with Crippen molar-refractivity contribution >= 4 is 24.0 Å². The highest BCUT2D eigenvalue weighted by Crippen LogP contribution is 2.22. The number of allylic oxidation sites excluding steroid dienone is 2. The average Bonchev–Trinajstić information content (AvgIpc) is 2.68. The van der Waals surface area contributed by atoms with E-state index in [0.29, 0.717) is 17.8 Å². The summed E-state index contributed by atoms with van der Waals surface area (Å²) in [4.78, 5) is 35.7. The SMILES string of the molecule is C=C/C=C\c1c(C=C)n(C)c(=O)n1C1CCC(=O)NC1=O. The third-order valence-corrected chi connectivity index (χ3v) is 3.48. The zero-order valence-corrected chi connectivity index (χ0v) is 11.8. The van der Waals surface area contributed by atoms with Gasteiger partial charge in [-0.3, -0.25) is 24.0 Å². The van der Waals surface area contributed by atoms with Crippen LogP contribution in [0.25, 0.3) is 12.2 Å². The predicted octanol–water partition coefficient (Wildman–Crippen LogP) is 1.01. The van der Waals surface area contributed by atoms with Crippen LogP contribution in [0.3, 0.4) is 0 Å². The van der Waals surface area contributed by atoms with Gasteiger partial charge in [-0.15, -0.1) is 0 Å². The van der Waals surface area contributed by atoms with Gasteiger partial charge in [0.15, 0.2) is 0 Å². The molecule has 1 unspecified atom stereocenters. The Hall–Kier alpha value is -2.63. The molecule has 1 saturated heterocycles. The fourth-order valence-electron chi connectivity index (χ4n) is 2.46. The second kappa shape index (κ2) is 5.78. The van der Waals surface area contributed by atoms with Crippen LogP contribution in [0.1, 0.15) is 30.3 Å². The Bertz CT molecular complexity index is 706. The number of hydrogen-bond donors (Lipinski definition) is 1. The number of aromatic nitrogens is 2. The summed E-state index contributed by atoms with van der Waals surface area (Å²) in [7, 11) is 1.62. The van der Waals surface area contributed by atoms with Crippen molar-refractivity contribution in [3.8, 4) is 0 Å². The summed E-state index contributed by atoms with van der Waals surface area (Å²) in [5, 5.41) is 2.27. The summed E-state index contributed by atoms with van der Waals surface area (Å²) in [6, 6.07) is -0.695. The van der Waals surface area contributed by atoms with Crippen molar-refractivity contribution in [2.45, 2.75) is 18.9 Å². The Morgan fingerprint density at radius 3 is 2.52 bits per heavy atom. The van der Waals surface area contributed by atoms with Crippen LogP contribution in [0.2, 0.25) is 0 Å². The van der Waals surface area contributed by atoms with Gasteiger partial charge in [0.1, 0.15) is 6.04 Å². The fourth-order valence-corrected chi connectivity index (χ4v) is 2.46. The molecule has 0 spiro atoms. The summed E-state index contributed by atoms with van der Waals surface area (Å²) in [6.07, 6.45) is 7.05. The summed E-state index contributed by atoms with van der Waals surface area (Å²) in [5.74, 6) is -0.768.